The molecule has 0 aliphatic carbocycles. The Hall–Kier alpha value is -2.28. The van der Waals surface area contributed by atoms with E-state index in [0.717, 1.165) is 37.7 Å². The molecule has 0 spiro atoms. The number of carbonyl (C=O) groups excluding carboxylic acids is 1. The van der Waals surface area contributed by atoms with Crippen molar-refractivity contribution in [2.24, 2.45) is 0 Å². The Morgan fingerprint density at radius 2 is 1.91 bits per heavy atom. The van der Waals surface area contributed by atoms with Crippen LogP contribution in [0.5, 0.6) is 0 Å². The molecule has 7 heteroatoms. The number of anilines is 1. The zero-order chi connectivity index (χ0) is 15.5. The first-order valence-corrected chi connectivity index (χ1v) is 7.33. The highest BCUT2D eigenvalue weighted by molar-refractivity contribution is 5.77. The molecule has 3 rings (SSSR count). The molecular formula is C15H19N5O2. The molecule has 0 radical (unpaired) electrons. The van der Waals surface area contributed by atoms with E-state index in [0.29, 0.717) is 11.5 Å². The highest BCUT2D eigenvalue weighted by Crippen LogP contribution is 2.19. The number of rotatable bonds is 4. The van der Waals surface area contributed by atoms with Crippen LogP contribution in [0.2, 0.25) is 0 Å². The van der Waals surface area contributed by atoms with Crippen molar-refractivity contribution in [3.8, 4) is 11.3 Å². The normalized spacial score (nSPS) is 16.0. The van der Waals surface area contributed by atoms with Gasteiger partial charge in [0.05, 0.1) is 6.42 Å². The predicted molar refractivity (Wildman–Crippen MR) is 81.6 cm³/mol. The number of hydrogen-bond donors (Lipinski definition) is 0. The molecule has 2 aromatic rings. The Morgan fingerprint density at radius 1 is 1.23 bits per heavy atom. The lowest BCUT2D eigenvalue weighted by Crippen LogP contribution is -2.45. The summed E-state index contributed by atoms with van der Waals surface area (Å²) in [5, 5.41) is 3.96. The molecule has 1 saturated heterocycles. The van der Waals surface area contributed by atoms with E-state index in [4.69, 9.17) is 4.52 Å². The third kappa shape index (κ3) is 3.30. The summed E-state index contributed by atoms with van der Waals surface area (Å²) in [7, 11) is 2.12. The minimum Gasteiger partial charge on any atom is -0.360 e. The van der Waals surface area contributed by atoms with Gasteiger partial charge >= 0.3 is 0 Å². The second kappa shape index (κ2) is 6.23. The topological polar surface area (TPSA) is 75.4 Å². The molecule has 2 aromatic heterocycles. The molecule has 1 aliphatic heterocycles. The van der Waals surface area contributed by atoms with Gasteiger partial charge in [-0.3, -0.25) is 4.79 Å². The molecule has 7 nitrogen and oxygen atoms in total. The third-order valence-electron chi connectivity index (χ3n) is 3.70. The van der Waals surface area contributed by atoms with Gasteiger partial charge in [-0.05, 0) is 14.0 Å². The fourth-order valence-electron chi connectivity index (χ4n) is 2.40. The molecular weight excluding hydrogens is 282 g/mol. The van der Waals surface area contributed by atoms with Crippen LogP contribution in [0, 0.1) is 0 Å². The largest absolute Gasteiger partial charge is 0.360 e. The lowest BCUT2D eigenvalue weighted by molar-refractivity contribution is -0.116. The minimum atomic E-state index is 0.0457. The van der Waals surface area contributed by atoms with Crippen LogP contribution in [0.3, 0.4) is 0 Å². The van der Waals surface area contributed by atoms with Gasteiger partial charge in [0.15, 0.2) is 0 Å². The van der Waals surface area contributed by atoms with Crippen LogP contribution in [0.1, 0.15) is 12.7 Å². The second-order valence-corrected chi connectivity index (χ2v) is 5.62. The van der Waals surface area contributed by atoms with Gasteiger partial charge in [-0.1, -0.05) is 5.16 Å². The molecule has 0 atom stereocenters. The van der Waals surface area contributed by atoms with Crippen LogP contribution in [0.25, 0.3) is 11.3 Å². The Bertz CT molecular complexity index is 644. The average Bonchev–Trinajstić information content (AvgIpc) is 2.96. The zero-order valence-electron chi connectivity index (χ0n) is 12.8. The van der Waals surface area contributed by atoms with Crippen LogP contribution in [-0.2, 0) is 11.2 Å². The van der Waals surface area contributed by atoms with E-state index in [1.54, 1.807) is 18.5 Å². The molecule has 22 heavy (non-hydrogen) atoms. The van der Waals surface area contributed by atoms with E-state index in [1.165, 1.54) is 6.92 Å². The Morgan fingerprint density at radius 3 is 2.55 bits per heavy atom. The summed E-state index contributed by atoms with van der Waals surface area (Å²) in [4.78, 5) is 24.4. The summed E-state index contributed by atoms with van der Waals surface area (Å²) in [5.41, 5.74) is 1.44. The van der Waals surface area contributed by atoms with Crippen LogP contribution in [0.15, 0.2) is 23.0 Å². The van der Waals surface area contributed by atoms with E-state index >= 15 is 0 Å². The highest BCUT2D eigenvalue weighted by Gasteiger charge is 2.16. The van der Waals surface area contributed by atoms with Crippen LogP contribution >= 0.6 is 0 Å². The zero-order valence-corrected chi connectivity index (χ0v) is 12.8. The Balaban J connectivity index is 1.71. The van der Waals surface area contributed by atoms with E-state index in [1.807, 2.05) is 0 Å². The minimum absolute atomic E-state index is 0.0457. The summed E-state index contributed by atoms with van der Waals surface area (Å²) < 4.78 is 5.15. The molecule has 0 bridgehead atoms. The molecule has 0 N–H and O–H groups in total. The maximum absolute atomic E-state index is 11.1. The first kappa shape index (κ1) is 14.6. The number of ketones is 1. The number of aromatic nitrogens is 3. The molecule has 0 saturated carbocycles. The van der Waals surface area contributed by atoms with Crippen LogP contribution < -0.4 is 4.90 Å². The van der Waals surface area contributed by atoms with Gasteiger partial charge in [-0.2, -0.15) is 0 Å². The fraction of sp³-hybridized carbons (Fsp3) is 0.467. The van der Waals surface area contributed by atoms with Gasteiger partial charge in [0.2, 0.25) is 5.95 Å². The van der Waals surface area contributed by atoms with Gasteiger partial charge in [0.1, 0.15) is 17.2 Å². The predicted octanol–water partition coefficient (Wildman–Crippen LogP) is 1.01. The maximum atomic E-state index is 11.1. The molecule has 0 unspecified atom stereocenters. The lowest BCUT2D eigenvalue weighted by Gasteiger charge is -2.32. The third-order valence-corrected chi connectivity index (χ3v) is 3.70. The van der Waals surface area contributed by atoms with E-state index in [9.17, 15) is 4.79 Å². The van der Waals surface area contributed by atoms with Gasteiger partial charge in [-0.25, -0.2) is 9.97 Å². The molecule has 116 valence electrons. The summed E-state index contributed by atoms with van der Waals surface area (Å²) >= 11 is 0. The summed E-state index contributed by atoms with van der Waals surface area (Å²) in [5.74, 6) is 1.35. The molecule has 3 heterocycles. The summed E-state index contributed by atoms with van der Waals surface area (Å²) in [6.45, 7) is 5.42. The van der Waals surface area contributed by atoms with Crippen molar-refractivity contribution in [1.82, 2.24) is 20.0 Å². The number of hydrogen-bond acceptors (Lipinski definition) is 7. The number of Topliss-reactive ketones (excluding diaryl/α,β-unsaturated/α-hetero) is 1. The Labute approximate surface area is 128 Å². The lowest BCUT2D eigenvalue weighted by atomic mass is 10.2. The van der Waals surface area contributed by atoms with Crippen molar-refractivity contribution in [3.05, 3.63) is 24.2 Å². The first-order chi connectivity index (χ1) is 10.6. The SMILES string of the molecule is CC(=O)Cc1cc(-c2cnc(N3CCN(C)CC3)nc2)no1. The molecule has 0 amide bonds. The highest BCUT2D eigenvalue weighted by atomic mass is 16.5. The van der Waals surface area contributed by atoms with E-state index < -0.39 is 0 Å². The quantitative estimate of drug-likeness (QED) is 0.834. The molecule has 1 fully saturated rings. The fourth-order valence-corrected chi connectivity index (χ4v) is 2.40. The first-order valence-electron chi connectivity index (χ1n) is 7.33. The summed E-state index contributed by atoms with van der Waals surface area (Å²) in [6.07, 6.45) is 3.75. The van der Waals surface area contributed by atoms with Crippen LogP contribution in [-0.4, -0.2) is 59.0 Å². The van der Waals surface area contributed by atoms with Crippen molar-refractivity contribution in [1.29, 1.82) is 0 Å². The maximum Gasteiger partial charge on any atom is 0.225 e. The van der Waals surface area contributed by atoms with Crippen molar-refractivity contribution >= 4 is 11.7 Å². The summed E-state index contributed by atoms with van der Waals surface area (Å²) in [6, 6.07) is 1.76. The van der Waals surface area contributed by atoms with Crippen molar-refractivity contribution < 1.29 is 9.32 Å². The van der Waals surface area contributed by atoms with Crippen molar-refractivity contribution in [3.63, 3.8) is 0 Å². The average molecular weight is 301 g/mol. The molecule has 0 aromatic carbocycles. The number of likely N-dealkylation sites (N-methyl/N-ethyl adjacent to an activating group) is 1. The van der Waals surface area contributed by atoms with Crippen molar-refractivity contribution in [2.45, 2.75) is 13.3 Å². The standard InChI is InChI=1S/C15H19N5O2/c1-11(21)7-13-8-14(18-22-13)12-9-16-15(17-10-12)20-5-3-19(2)4-6-20/h8-10H,3-7H2,1-2H3. The van der Waals surface area contributed by atoms with Gasteiger partial charge in [0, 0.05) is 50.2 Å². The second-order valence-electron chi connectivity index (χ2n) is 5.62. The van der Waals surface area contributed by atoms with Crippen molar-refractivity contribution in [2.75, 3.05) is 38.1 Å². The number of nitrogens with zero attached hydrogens (tertiary/aromatic N) is 5. The van der Waals surface area contributed by atoms with Gasteiger partial charge < -0.3 is 14.3 Å². The Kier molecular flexibility index (Phi) is 4.15. The van der Waals surface area contributed by atoms with Gasteiger partial charge in [-0.15, -0.1) is 0 Å². The monoisotopic (exact) mass is 301 g/mol. The number of piperazine rings is 1. The van der Waals surface area contributed by atoms with E-state index in [-0.39, 0.29) is 12.2 Å². The van der Waals surface area contributed by atoms with E-state index in [2.05, 4.69) is 32.0 Å². The molecule has 1 aliphatic rings. The van der Waals surface area contributed by atoms with Crippen LogP contribution in [0.4, 0.5) is 5.95 Å². The van der Waals surface area contributed by atoms with Gasteiger partial charge in [0.25, 0.3) is 0 Å². The smallest absolute Gasteiger partial charge is 0.225 e. The number of carbonyl (C=O) groups is 1.